The Morgan fingerprint density at radius 1 is 1.20 bits per heavy atom. The molecule has 1 heteroatoms. The van der Waals surface area contributed by atoms with Crippen molar-refractivity contribution >= 4 is 14.1 Å². The Morgan fingerprint density at radius 2 is 1.80 bits per heavy atom. The van der Waals surface area contributed by atoms with Gasteiger partial charge in [0.25, 0.3) is 0 Å². The molecule has 0 heterocycles. The molecule has 0 unspecified atom stereocenters. The number of allylic oxidation sites excluding steroid dienone is 2. The Labute approximate surface area is 94.4 Å². The smallest absolute Gasteiger partial charge is 0.0487 e. The Kier molecular flexibility index (Phi) is 4.10. The van der Waals surface area contributed by atoms with Gasteiger partial charge in [0.15, 0.2) is 0 Å². The normalized spacial score (nSPS) is 12.6. The summed E-state index contributed by atoms with van der Waals surface area (Å²) in [4.78, 5) is 0. The molecule has 1 aromatic rings. The van der Waals surface area contributed by atoms with Crippen LogP contribution in [0.3, 0.4) is 0 Å². The lowest BCUT2D eigenvalue weighted by Gasteiger charge is -2.16. The molecule has 0 radical (unpaired) electrons. The fourth-order valence-corrected chi connectivity index (χ4v) is 3.03. The summed E-state index contributed by atoms with van der Waals surface area (Å²) < 4.78 is 0. The van der Waals surface area contributed by atoms with Crippen molar-refractivity contribution in [3.63, 3.8) is 0 Å². The zero-order valence-electron chi connectivity index (χ0n) is 9.96. The molecule has 0 aliphatic carbocycles. The fraction of sp³-hybridized carbons (Fsp3) is 0.286. The monoisotopic (exact) mass is 216 g/mol. The lowest BCUT2D eigenvalue weighted by atomic mass is 10.1. The van der Waals surface area contributed by atoms with Crippen LogP contribution in [0.15, 0.2) is 48.6 Å². The van der Waals surface area contributed by atoms with Gasteiger partial charge in [-0.2, -0.15) is 0 Å². The van der Waals surface area contributed by atoms with Crippen LogP contribution in [0.5, 0.6) is 0 Å². The molecule has 15 heavy (non-hydrogen) atoms. The zero-order chi connectivity index (χ0) is 11.3. The highest BCUT2D eigenvalue weighted by atomic mass is 28.3. The first kappa shape index (κ1) is 12.0. The highest BCUT2D eigenvalue weighted by Crippen LogP contribution is 2.19. The van der Waals surface area contributed by atoms with Crippen molar-refractivity contribution in [1.29, 1.82) is 0 Å². The molecule has 80 valence electrons. The van der Waals surface area contributed by atoms with E-state index in [1.54, 1.807) is 0 Å². The zero-order valence-corrected chi connectivity index (χ0v) is 11.0. The van der Waals surface area contributed by atoms with Gasteiger partial charge in [-0.25, -0.2) is 0 Å². The van der Waals surface area contributed by atoms with Crippen molar-refractivity contribution in [2.24, 2.45) is 0 Å². The van der Waals surface area contributed by atoms with Gasteiger partial charge in [-0.05, 0) is 11.6 Å². The van der Waals surface area contributed by atoms with E-state index in [0.29, 0.717) is 0 Å². The van der Waals surface area contributed by atoms with Gasteiger partial charge in [-0.1, -0.05) is 74.3 Å². The van der Waals surface area contributed by atoms with E-state index in [9.17, 15) is 0 Å². The lowest BCUT2D eigenvalue weighted by Crippen LogP contribution is -2.19. The minimum Gasteiger partial charge on any atom is -0.0988 e. The molecule has 0 fully saturated rings. The van der Waals surface area contributed by atoms with Crippen LogP contribution >= 0.6 is 0 Å². The first-order chi connectivity index (χ1) is 7.01. The SMILES string of the molecule is C=C/C(=C\c1ccccc1)C[Si](C)(C)C. The molecule has 0 N–H and O–H groups in total. The Bertz CT molecular complexity index is 341. The maximum atomic E-state index is 3.90. The van der Waals surface area contributed by atoms with Gasteiger partial charge in [0.1, 0.15) is 0 Å². The van der Waals surface area contributed by atoms with Crippen LogP contribution < -0.4 is 0 Å². The van der Waals surface area contributed by atoms with Gasteiger partial charge in [0.05, 0.1) is 0 Å². The van der Waals surface area contributed by atoms with Gasteiger partial charge >= 0.3 is 0 Å². The average Bonchev–Trinajstić information content (AvgIpc) is 2.16. The third kappa shape index (κ3) is 4.80. The molecule has 0 nitrogen and oxygen atoms in total. The van der Waals surface area contributed by atoms with Crippen molar-refractivity contribution in [3.8, 4) is 0 Å². The summed E-state index contributed by atoms with van der Waals surface area (Å²) in [6.45, 7) is 11.0. The van der Waals surface area contributed by atoms with Crippen LogP contribution in [-0.4, -0.2) is 8.07 Å². The first-order valence-electron chi connectivity index (χ1n) is 5.39. The number of rotatable bonds is 4. The standard InChI is InChI=1S/C14H20Si/c1-5-13(12-15(2,3)4)11-14-9-7-6-8-10-14/h5-11H,1,12H2,2-4H3/b13-11+. The molecule has 0 saturated carbocycles. The minimum atomic E-state index is -1.03. The Balaban J connectivity index is 2.84. The number of benzene rings is 1. The molecule has 1 aromatic carbocycles. The van der Waals surface area contributed by atoms with Crippen LogP contribution in [0.25, 0.3) is 6.08 Å². The second-order valence-corrected chi connectivity index (χ2v) is 10.5. The number of hydrogen-bond acceptors (Lipinski definition) is 0. The molecular weight excluding hydrogens is 196 g/mol. The predicted molar refractivity (Wildman–Crippen MR) is 72.8 cm³/mol. The van der Waals surface area contributed by atoms with Crippen LogP contribution in [0.2, 0.25) is 25.7 Å². The second-order valence-electron chi connectivity index (χ2n) is 5.07. The van der Waals surface area contributed by atoms with E-state index >= 15 is 0 Å². The van der Waals surface area contributed by atoms with Gasteiger partial charge in [-0.3, -0.25) is 0 Å². The maximum Gasteiger partial charge on any atom is 0.0487 e. The quantitative estimate of drug-likeness (QED) is 0.510. The summed E-state index contributed by atoms with van der Waals surface area (Å²) in [6.07, 6.45) is 4.23. The van der Waals surface area contributed by atoms with E-state index < -0.39 is 8.07 Å². The summed E-state index contributed by atoms with van der Waals surface area (Å²) in [7, 11) is -1.03. The lowest BCUT2D eigenvalue weighted by molar-refractivity contribution is 1.42. The largest absolute Gasteiger partial charge is 0.0988 e. The van der Waals surface area contributed by atoms with Gasteiger partial charge in [0, 0.05) is 8.07 Å². The van der Waals surface area contributed by atoms with Crippen molar-refractivity contribution in [2.75, 3.05) is 0 Å². The predicted octanol–water partition coefficient (Wildman–Crippen LogP) is 4.59. The summed E-state index contributed by atoms with van der Waals surface area (Å²) in [6, 6.07) is 11.7. The van der Waals surface area contributed by atoms with Crippen LogP contribution in [0.4, 0.5) is 0 Å². The van der Waals surface area contributed by atoms with E-state index in [0.717, 1.165) is 0 Å². The van der Waals surface area contributed by atoms with Gasteiger partial charge in [-0.15, -0.1) is 0 Å². The fourth-order valence-electron chi connectivity index (χ4n) is 1.56. The molecule has 0 spiro atoms. The van der Waals surface area contributed by atoms with E-state index in [1.165, 1.54) is 17.2 Å². The summed E-state index contributed by atoms with van der Waals surface area (Å²) >= 11 is 0. The third-order valence-corrected chi connectivity index (χ3v) is 3.62. The van der Waals surface area contributed by atoms with Gasteiger partial charge < -0.3 is 0 Å². The van der Waals surface area contributed by atoms with Gasteiger partial charge in [0.2, 0.25) is 0 Å². The average molecular weight is 216 g/mol. The molecule has 0 aromatic heterocycles. The van der Waals surface area contributed by atoms with Crippen molar-refractivity contribution < 1.29 is 0 Å². The first-order valence-corrected chi connectivity index (χ1v) is 9.10. The summed E-state index contributed by atoms with van der Waals surface area (Å²) in [5, 5.41) is 0. The van der Waals surface area contributed by atoms with E-state index in [1.807, 2.05) is 12.1 Å². The molecule has 0 aliphatic rings. The maximum absolute atomic E-state index is 3.90. The third-order valence-electron chi connectivity index (χ3n) is 2.15. The Morgan fingerprint density at radius 3 is 2.27 bits per heavy atom. The molecule has 0 atom stereocenters. The highest BCUT2D eigenvalue weighted by Gasteiger charge is 2.13. The summed E-state index contributed by atoms with van der Waals surface area (Å²) in [5.41, 5.74) is 2.63. The second kappa shape index (κ2) is 5.13. The summed E-state index contributed by atoms with van der Waals surface area (Å²) in [5.74, 6) is 0. The Hall–Kier alpha value is -1.08. The molecule has 0 saturated heterocycles. The highest BCUT2D eigenvalue weighted by molar-refractivity contribution is 6.76. The topological polar surface area (TPSA) is 0 Å². The number of hydrogen-bond donors (Lipinski definition) is 0. The van der Waals surface area contributed by atoms with Crippen molar-refractivity contribution in [2.45, 2.75) is 25.7 Å². The van der Waals surface area contributed by atoms with Crippen LogP contribution in [0.1, 0.15) is 5.56 Å². The van der Waals surface area contributed by atoms with E-state index in [-0.39, 0.29) is 0 Å². The van der Waals surface area contributed by atoms with Crippen molar-refractivity contribution in [1.82, 2.24) is 0 Å². The minimum absolute atomic E-state index is 1.03. The molecular formula is C14H20Si. The molecule has 1 rings (SSSR count). The van der Waals surface area contributed by atoms with E-state index in [4.69, 9.17) is 0 Å². The van der Waals surface area contributed by atoms with E-state index in [2.05, 4.69) is 56.6 Å². The van der Waals surface area contributed by atoms with Crippen LogP contribution in [-0.2, 0) is 0 Å². The van der Waals surface area contributed by atoms with Crippen molar-refractivity contribution in [3.05, 3.63) is 54.1 Å². The van der Waals surface area contributed by atoms with Crippen LogP contribution in [0, 0.1) is 0 Å². The molecule has 0 aliphatic heterocycles. The molecule has 0 bridgehead atoms. The molecule has 0 amide bonds.